The highest BCUT2D eigenvalue weighted by atomic mass is 16.5. The lowest BCUT2D eigenvalue weighted by molar-refractivity contribution is -0.149. The molecule has 1 aliphatic rings. The molecular formula is C14H15NO6. The molecule has 1 aromatic heterocycles. The average molecular weight is 293 g/mol. The number of Topliss-reactive ketones (excluding diaryl/α,β-unsaturated/α-hetero) is 1. The van der Waals surface area contributed by atoms with E-state index in [1.807, 2.05) is 5.16 Å². The fraction of sp³-hybridized carbons (Fsp3) is 0.500. The molecule has 2 unspecified atom stereocenters. The van der Waals surface area contributed by atoms with Gasteiger partial charge in [-0.1, -0.05) is 6.92 Å². The molecule has 21 heavy (non-hydrogen) atoms. The van der Waals surface area contributed by atoms with E-state index < -0.39 is 28.6 Å². The number of aromatic nitrogens is 1. The van der Waals surface area contributed by atoms with E-state index in [1.54, 1.807) is 12.9 Å². The zero-order chi connectivity index (χ0) is 15.6. The summed E-state index contributed by atoms with van der Waals surface area (Å²) in [5.74, 6) is -1.38. The molecular weight excluding hydrogens is 278 g/mol. The summed E-state index contributed by atoms with van der Waals surface area (Å²) in [6, 6.07) is 0.929. The van der Waals surface area contributed by atoms with Crippen LogP contribution in [0, 0.1) is 11.3 Å². The number of nitrogens with one attached hydrogen (secondary N) is 1. The van der Waals surface area contributed by atoms with E-state index in [0.717, 1.165) is 6.07 Å². The third-order valence-electron chi connectivity index (χ3n) is 4.11. The van der Waals surface area contributed by atoms with Gasteiger partial charge in [-0.25, -0.2) is 4.79 Å². The van der Waals surface area contributed by atoms with Gasteiger partial charge in [-0.15, -0.1) is 0 Å². The van der Waals surface area contributed by atoms with Crippen molar-refractivity contribution in [3.05, 3.63) is 27.8 Å². The molecule has 0 spiro atoms. The number of aromatic amines is 1. The van der Waals surface area contributed by atoms with Gasteiger partial charge in [-0.3, -0.25) is 14.4 Å². The maximum Gasteiger partial charge on any atom is 0.318 e. The Morgan fingerprint density at radius 1 is 1.57 bits per heavy atom. The number of carboxylic acid groups (broad SMARTS) is 1. The van der Waals surface area contributed by atoms with E-state index in [4.69, 9.17) is 4.52 Å². The molecule has 0 aliphatic heterocycles. The molecule has 112 valence electrons. The maximum absolute atomic E-state index is 12.6. The molecule has 0 aromatic carbocycles. The largest absolute Gasteiger partial charge is 0.480 e. The van der Waals surface area contributed by atoms with Gasteiger partial charge in [0.1, 0.15) is 11.4 Å². The quantitative estimate of drug-likeness (QED) is 0.489. The van der Waals surface area contributed by atoms with Crippen molar-refractivity contribution in [2.24, 2.45) is 11.3 Å². The second-order valence-corrected chi connectivity index (χ2v) is 5.12. The van der Waals surface area contributed by atoms with E-state index in [-0.39, 0.29) is 12.2 Å². The summed E-state index contributed by atoms with van der Waals surface area (Å²) in [7, 11) is 0. The molecule has 1 saturated carbocycles. The first-order valence-electron chi connectivity index (χ1n) is 6.68. The summed E-state index contributed by atoms with van der Waals surface area (Å²) < 4.78 is 4.76. The Morgan fingerprint density at radius 3 is 2.76 bits per heavy atom. The van der Waals surface area contributed by atoms with Crippen molar-refractivity contribution >= 4 is 17.7 Å². The van der Waals surface area contributed by atoms with Gasteiger partial charge in [0.2, 0.25) is 11.5 Å². The summed E-state index contributed by atoms with van der Waals surface area (Å²) in [5.41, 5.74) is -2.09. The van der Waals surface area contributed by atoms with Gasteiger partial charge in [0.15, 0.2) is 0 Å². The summed E-state index contributed by atoms with van der Waals surface area (Å²) >= 11 is 0. The molecule has 0 amide bonds. The molecule has 1 fully saturated rings. The number of carboxylic acids is 1. The normalized spacial score (nSPS) is 25.4. The topological polar surface area (TPSA) is 117 Å². The predicted octanol–water partition coefficient (Wildman–Crippen LogP) is 1.19. The lowest BCUT2D eigenvalue weighted by Gasteiger charge is -2.38. The molecule has 0 radical (unpaired) electrons. The Labute approximate surface area is 119 Å². The molecule has 2 atom stereocenters. The van der Waals surface area contributed by atoms with Gasteiger partial charge in [0, 0.05) is 11.5 Å². The molecule has 1 aliphatic carbocycles. The molecule has 0 saturated heterocycles. The second kappa shape index (κ2) is 5.54. The summed E-state index contributed by atoms with van der Waals surface area (Å²) in [6.45, 7) is 1.71. The van der Waals surface area contributed by atoms with Crippen LogP contribution in [-0.4, -0.2) is 28.0 Å². The molecule has 7 heteroatoms. The average Bonchev–Trinajstić information content (AvgIpc) is 2.91. The number of hydrogen-bond acceptors (Lipinski definition) is 5. The first kappa shape index (κ1) is 15.0. The summed E-state index contributed by atoms with van der Waals surface area (Å²) in [5, 5.41) is 11.6. The SMILES string of the molecule is CCC1C(=C=O)CCCC1(C(=O)O)C(=O)c1cc(=O)[nH]o1. The van der Waals surface area contributed by atoms with Crippen LogP contribution in [0.1, 0.15) is 43.2 Å². The number of aliphatic carboxylic acids is 1. The van der Waals surface area contributed by atoms with Crippen LogP contribution in [0.3, 0.4) is 0 Å². The molecule has 1 aromatic rings. The number of carbonyl (C=O) groups is 2. The third kappa shape index (κ3) is 2.25. The van der Waals surface area contributed by atoms with E-state index in [1.165, 1.54) is 0 Å². The van der Waals surface area contributed by atoms with Crippen molar-refractivity contribution in [1.82, 2.24) is 5.16 Å². The molecule has 2 N–H and O–H groups in total. The van der Waals surface area contributed by atoms with E-state index in [0.29, 0.717) is 24.8 Å². The Kier molecular flexibility index (Phi) is 3.95. The lowest BCUT2D eigenvalue weighted by Crippen LogP contribution is -2.48. The van der Waals surface area contributed by atoms with E-state index in [9.17, 15) is 24.3 Å². The number of rotatable bonds is 4. The molecule has 0 bridgehead atoms. The van der Waals surface area contributed by atoms with E-state index in [2.05, 4.69) is 0 Å². The third-order valence-corrected chi connectivity index (χ3v) is 4.11. The first-order valence-corrected chi connectivity index (χ1v) is 6.68. The van der Waals surface area contributed by atoms with Crippen LogP contribution in [0.2, 0.25) is 0 Å². The lowest BCUT2D eigenvalue weighted by atomic mass is 9.60. The molecule has 2 rings (SSSR count). The smallest absolute Gasteiger partial charge is 0.318 e. The Balaban J connectivity index is 2.59. The van der Waals surface area contributed by atoms with Gasteiger partial charge in [-0.2, -0.15) is 5.16 Å². The zero-order valence-corrected chi connectivity index (χ0v) is 11.5. The van der Waals surface area contributed by atoms with Crippen molar-refractivity contribution in [2.75, 3.05) is 0 Å². The van der Waals surface area contributed by atoms with Crippen LogP contribution in [0.15, 0.2) is 21.0 Å². The highest BCUT2D eigenvalue weighted by Crippen LogP contribution is 2.47. The number of carbonyl (C=O) groups excluding carboxylic acids is 2. The summed E-state index contributed by atoms with van der Waals surface area (Å²) in [4.78, 5) is 46.6. The van der Waals surface area contributed by atoms with Crippen LogP contribution in [0.5, 0.6) is 0 Å². The van der Waals surface area contributed by atoms with Gasteiger partial charge in [-0.05, 0) is 25.7 Å². The number of H-pyrrole nitrogens is 1. The Morgan fingerprint density at radius 2 is 2.29 bits per heavy atom. The minimum absolute atomic E-state index is 0.0970. The van der Waals surface area contributed by atoms with Gasteiger partial charge < -0.3 is 9.63 Å². The van der Waals surface area contributed by atoms with Crippen LogP contribution >= 0.6 is 0 Å². The minimum Gasteiger partial charge on any atom is -0.480 e. The molecule has 1 heterocycles. The van der Waals surface area contributed by atoms with Crippen LogP contribution in [0.25, 0.3) is 0 Å². The van der Waals surface area contributed by atoms with Crippen LogP contribution in [-0.2, 0) is 9.59 Å². The summed E-state index contributed by atoms with van der Waals surface area (Å²) in [6.07, 6.45) is 1.24. The standard InChI is InChI=1S/C14H15NO6/c1-2-9-8(7-16)4-3-5-14(9,13(19)20)12(18)10-6-11(17)15-21-10/h6,9H,2-5H2,1H3,(H,15,17)(H,19,20). The maximum atomic E-state index is 12.6. The van der Waals surface area contributed by atoms with Crippen molar-refractivity contribution in [3.63, 3.8) is 0 Å². The van der Waals surface area contributed by atoms with Crippen molar-refractivity contribution < 1.29 is 24.0 Å². The molecule has 7 nitrogen and oxygen atoms in total. The Bertz CT molecular complexity index is 678. The van der Waals surface area contributed by atoms with Gasteiger partial charge in [0.25, 0.3) is 5.56 Å². The van der Waals surface area contributed by atoms with E-state index >= 15 is 0 Å². The number of hydrogen-bond donors (Lipinski definition) is 2. The minimum atomic E-state index is -1.78. The van der Waals surface area contributed by atoms with Gasteiger partial charge >= 0.3 is 5.97 Å². The second-order valence-electron chi connectivity index (χ2n) is 5.12. The van der Waals surface area contributed by atoms with Crippen molar-refractivity contribution in [3.8, 4) is 0 Å². The highest BCUT2D eigenvalue weighted by Gasteiger charge is 2.55. The fourth-order valence-electron chi connectivity index (χ4n) is 3.16. The number of ketones is 1. The fourth-order valence-corrected chi connectivity index (χ4v) is 3.16. The van der Waals surface area contributed by atoms with Crippen molar-refractivity contribution in [2.45, 2.75) is 32.6 Å². The van der Waals surface area contributed by atoms with Crippen molar-refractivity contribution in [1.29, 1.82) is 0 Å². The highest BCUT2D eigenvalue weighted by molar-refractivity contribution is 6.11. The zero-order valence-electron chi connectivity index (χ0n) is 11.5. The Hall–Kier alpha value is -2.40. The first-order chi connectivity index (χ1) is 9.97. The monoisotopic (exact) mass is 293 g/mol. The van der Waals surface area contributed by atoms with Crippen LogP contribution in [0.4, 0.5) is 0 Å². The van der Waals surface area contributed by atoms with Gasteiger partial charge in [0.05, 0.1) is 6.07 Å². The van der Waals surface area contributed by atoms with Crippen LogP contribution < -0.4 is 5.56 Å². The number of allylic oxidation sites excluding steroid dienone is 1. The predicted molar refractivity (Wildman–Crippen MR) is 70.6 cm³/mol.